The molecule has 9 heteroatoms. The molecule has 3 rings (SSSR count). The molecule has 0 saturated heterocycles. The van der Waals surface area contributed by atoms with E-state index in [4.69, 9.17) is 0 Å². The van der Waals surface area contributed by atoms with E-state index in [0.29, 0.717) is 23.1 Å². The third-order valence-corrected chi connectivity index (χ3v) is 7.00. The molecule has 2 aromatic carbocycles. The largest absolute Gasteiger partial charge is 0.325 e. The number of thioether (sulfide) groups is 2. The first kappa shape index (κ1) is 19.8. The van der Waals surface area contributed by atoms with Gasteiger partial charge in [0.05, 0.1) is 11.4 Å². The van der Waals surface area contributed by atoms with Crippen LogP contribution in [-0.2, 0) is 14.8 Å². The first-order valence-corrected chi connectivity index (χ1v) is 11.9. The third kappa shape index (κ3) is 4.48. The van der Waals surface area contributed by atoms with Crippen LogP contribution >= 0.6 is 23.5 Å². The topological polar surface area (TPSA) is 78.8 Å². The Morgan fingerprint density at radius 2 is 1.96 bits per heavy atom. The monoisotopic (exact) mass is 421 g/mol. The quantitative estimate of drug-likeness (QED) is 0.742. The summed E-state index contributed by atoms with van der Waals surface area (Å²) >= 11 is 2.71. The van der Waals surface area contributed by atoms with Gasteiger partial charge >= 0.3 is 0 Å². The molecule has 1 aliphatic rings. The number of nitrogens with one attached hydrogen (secondary N) is 1. The number of rotatable bonds is 5. The average molecular weight is 422 g/mol. The summed E-state index contributed by atoms with van der Waals surface area (Å²) in [4.78, 5) is 15.3. The number of nitrogens with zero attached hydrogens (tertiary/aromatic N) is 2. The number of carbonyl (C=O) groups excluding carboxylic acids is 1. The molecular formula is C18H19N3O3S3. The number of sulfonamides is 1. The van der Waals surface area contributed by atoms with Crippen LogP contribution in [0.2, 0.25) is 0 Å². The summed E-state index contributed by atoms with van der Waals surface area (Å²) < 4.78 is 28.8. The van der Waals surface area contributed by atoms with Crippen molar-refractivity contribution in [1.82, 2.24) is 0 Å². The van der Waals surface area contributed by atoms with Gasteiger partial charge < -0.3 is 10.2 Å². The molecule has 0 spiro atoms. The number of anilines is 2. The van der Waals surface area contributed by atoms with Crippen LogP contribution in [0.15, 0.2) is 62.7 Å². The molecule has 2 aromatic rings. The molecular weight excluding hydrogens is 402 g/mol. The van der Waals surface area contributed by atoms with Crippen molar-refractivity contribution in [3.63, 3.8) is 0 Å². The fourth-order valence-electron chi connectivity index (χ4n) is 2.64. The number of hydrogen-bond donors (Lipinski definition) is 1. The molecule has 1 N–H and O–H groups in total. The molecule has 0 unspecified atom stereocenters. The molecule has 0 radical (unpaired) electrons. The standard InChI is InChI=1S/C18H19N3O3S3/c1-3-21-15-9-4-5-10-16(15)27(23,24)20-18(21)26-12-17(22)19-13-7-6-8-14(11-13)25-2/h4-11H,3,12H2,1-2H3,(H,19,22). The van der Waals surface area contributed by atoms with Crippen molar-refractivity contribution in [3.8, 4) is 0 Å². The van der Waals surface area contributed by atoms with Gasteiger partial charge in [-0.25, -0.2) is 0 Å². The zero-order valence-electron chi connectivity index (χ0n) is 14.9. The Kier molecular flexibility index (Phi) is 6.13. The van der Waals surface area contributed by atoms with Crippen molar-refractivity contribution < 1.29 is 13.2 Å². The number of hydrogen-bond acceptors (Lipinski definition) is 6. The van der Waals surface area contributed by atoms with Gasteiger partial charge in [-0.1, -0.05) is 30.0 Å². The molecule has 0 bridgehead atoms. The van der Waals surface area contributed by atoms with E-state index in [1.807, 2.05) is 42.3 Å². The Labute approximate surface area is 167 Å². The lowest BCUT2D eigenvalue weighted by Crippen LogP contribution is -2.34. The van der Waals surface area contributed by atoms with E-state index in [2.05, 4.69) is 9.71 Å². The lowest BCUT2D eigenvalue weighted by molar-refractivity contribution is -0.113. The van der Waals surface area contributed by atoms with E-state index >= 15 is 0 Å². The van der Waals surface area contributed by atoms with Crippen LogP contribution in [0.5, 0.6) is 0 Å². The van der Waals surface area contributed by atoms with Crippen LogP contribution in [0, 0.1) is 0 Å². The summed E-state index contributed by atoms with van der Waals surface area (Å²) in [6.07, 6.45) is 1.97. The summed E-state index contributed by atoms with van der Waals surface area (Å²) in [5, 5.41) is 3.14. The summed E-state index contributed by atoms with van der Waals surface area (Å²) in [7, 11) is -3.76. The second-order valence-electron chi connectivity index (χ2n) is 5.63. The Hall–Kier alpha value is -1.97. The Bertz CT molecular complexity index is 990. The van der Waals surface area contributed by atoms with E-state index in [1.54, 1.807) is 36.0 Å². The minimum atomic E-state index is -3.76. The third-order valence-electron chi connectivity index (χ3n) is 3.87. The summed E-state index contributed by atoms with van der Waals surface area (Å²) in [5.74, 6) is -0.149. The molecule has 0 aromatic heterocycles. The highest BCUT2D eigenvalue weighted by atomic mass is 32.2. The first-order chi connectivity index (χ1) is 12.9. The summed E-state index contributed by atoms with van der Waals surface area (Å²) in [6.45, 7) is 2.47. The van der Waals surface area contributed by atoms with Crippen molar-refractivity contribution in [2.75, 3.05) is 28.8 Å². The predicted octanol–water partition coefficient (Wildman–Crippen LogP) is 3.67. The number of benzene rings is 2. The van der Waals surface area contributed by atoms with Crippen molar-refractivity contribution in [1.29, 1.82) is 0 Å². The fourth-order valence-corrected chi connectivity index (χ4v) is 5.42. The van der Waals surface area contributed by atoms with Crippen molar-refractivity contribution in [2.45, 2.75) is 16.7 Å². The van der Waals surface area contributed by atoms with Crippen LogP contribution in [0.3, 0.4) is 0 Å². The molecule has 0 aliphatic carbocycles. The highest BCUT2D eigenvalue weighted by Crippen LogP contribution is 2.33. The smallest absolute Gasteiger partial charge is 0.286 e. The number of para-hydroxylation sites is 1. The predicted molar refractivity (Wildman–Crippen MR) is 113 cm³/mol. The SMILES string of the molecule is CCN1C(SCC(=O)Nc2cccc(SC)c2)=NS(=O)(=O)c2ccccc21. The fraction of sp³-hybridized carbons (Fsp3) is 0.222. The lowest BCUT2D eigenvalue weighted by atomic mass is 10.3. The van der Waals surface area contributed by atoms with Crippen molar-refractivity contribution in [2.24, 2.45) is 4.40 Å². The van der Waals surface area contributed by atoms with Gasteiger partial charge in [-0.2, -0.15) is 8.42 Å². The van der Waals surface area contributed by atoms with E-state index in [1.165, 1.54) is 0 Å². The van der Waals surface area contributed by atoms with Gasteiger partial charge in [0.15, 0.2) is 5.17 Å². The average Bonchev–Trinajstić information content (AvgIpc) is 2.66. The Morgan fingerprint density at radius 1 is 1.19 bits per heavy atom. The van der Waals surface area contributed by atoms with Crippen LogP contribution in [0.25, 0.3) is 0 Å². The van der Waals surface area contributed by atoms with E-state index in [9.17, 15) is 13.2 Å². The lowest BCUT2D eigenvalue weighted by Gasteiger charge is -2.29. The maximum Gasteiger partial charge on any atom is 0.286 e. The molecule has 0 atom stereocenters. The van der Waals surface area contributed by atoms with Gasteiger partial charge in [0.2, 0.25) is 5.91 Å². The number of carbonyl (C=O) groups is 1. The zero-order valence-corrected chi connectivity index (χ0v) is 17.3. The van der Waals surface area contributed by atoms with E-state index in [0.717, 1.165) is 16.7 Å². The zero-order chi connectivity index (χ0) is 19.4. The Balaban J connectivity index is 1.73. The van der Waals surface area contributed by atoms with Crippen molar-refractivity contribution in [3.05, 3.63) is 48.5 Å². The Morgan fingerprint density at radius 3 is 2.70 bits per heavy atom. The first-order valence-electron chi connectivity index (χ1n) is 8.23. The molecule has 0 fully saturated rings. The van der Waals surface area contributed by atoms with Crippen LogP contribution in [0.1, 0.15) is 6.92 Å². The van der Waals surface area contributed by atoms with Crippen LogP contribution in [-0.4, -0.2) is 38.0 Å². The molecule has 27 heavy (non-hydrogen) atoms. The number of amides is 1. The highest BCUT2D eigenvalue weighted by molar-refractivity contribution is 8.15. The van der Waals surface area contributed by atoms with Gasteiger partial charge in [-0.05, 0) is 43.5 Å². The molecule has 6 nitrogen and oxygen atoms in total. The van der Waals surface area contributed by atoms with Gasteiger partial charge in [0, 0.05) is 17.1 Å². The summed E-state index contributed by atoms with van der Waals surface area (Å²) in [5.41, 5.74) is 1.30. The molecule has 1 heterocycles. The second-order valence-corrected chi connectivity index (χ2v) is 9.02. The second kappa shape index (κ2) is 8.37. The molecule has 0 saturated carbocycles. The van der Waals surface area contributed by atoms with Crippen LogP contribution in [0.4, 0.5) is 11.4 Å². The maximum absolute atomic E-state index is 12.4. The van der Waals surface area contributed by atoms with Crippen LogP contribution < -0.4 is 10.2 Å². The maximum atomic E-state index is 12.4. The minimum Gasteiger partial charge on any atom is -0.325 e. The normalized spacial score (nSPS) is 15.0. The highest BCUT2D eigenvalue weighted by Gasteiger charge is 2.30. The molecule has 142 valence electrons. The van der Waals surface area contributed by atoms with Gasteiger partial charge in [-0.3, -0.25) is 4.79 Å². The molecule has 1 amide bonds. The number of fused-ring (bicyclic) bond motifs is 1. The van der Waals surface area contributed by atoms with Gasteiger partial charge in [-0.15, -0.1) is 16.2 Å². The summed E-state index contributed by atoms with van der Waals surface area (Å²) in [6, 6.07) is 14.3. The van der Waals surface area contributed by atoms with Gasteiger partial charge in [0.25, 0.3) is 10.0 Å². The van der Waals surface area contributed by atoms with Crippen molar-refractivity contribution >= 4 is 56.0 Å². The number of amidine groups is 1. The molecule has 1 aliphatic heterocycles. The van der Waals surface area contributed by atoms with Gasteiger partial charge in [0.1, 0.15) is 4.90 Å². The van der Waals surface area contributed by atoms with E-state index in [-0.39, 0.29) is 16.6 Å². The minimum absolute atomic E-state index is 0.0660. The van der Waals surface area contributed by atoms with E-state index < -0.39 is 10.0 Å².